The Morgan fingerprint density at radius 1 is 0.906 bits per heavy atom. The van der Waals surface area contributed by atoms with E-state index in [2.05, 4.69) is 9.62 Å². The minimum absolute atomic E-state index is 0.0574. The summed E-state index contributed by atoms with van der Waals surface area (Å²) in [5, 5.41) is 10.9. The van der Waals surface area contributed by atoms with Gasteiger partial charge in [-0.3, -0.25) is 9.52 Å². The fraction of sp³-hybridized carbons (Fsp3) is 0.217. The largest absolute Gasteiger partial charge is 0.478 e. The van der Waals surface area contributed by atoms with Crippen molar-refractivity contribution < 1.29 is 23.1 Å². The Kier molecular flexibility index (Phi) is 5.86. The number of sulfonamides is 1. The van der Waals surface area contributed by atoms with Gasteiger partial charge in [-0.05, 0) is 36.0 Å². The minimum atomic E-state index is -4.23. The predicted octanol–water partition coefficient (Wildman–Crippen LogP) is 2.73. The summed E-state index contributed by atoms with van der Waals surface area (Å²) in [6, 6.07) is 15.9. The molecule has 32 heavy (non-hydrogen) atoms. The summed E-state index contributed by atoms with van der Waals surface area (Å²) in [4.78, 5) is 28.6. The number of carbonyl (C=O) groups excluding carboxylic acids is 1. The molecule has 8 nitrogen and oxygen atoms in total. The fourth-order valence-corrected chi connectivity index (χ4v) is 5.12. The zero-order valence-electron chi connectivity index (χ0n) is 17.5. The third kappa shape index (κ3) is 4.17. The second kappa shape index (κ2) is 8.60. The number of rotatable bonds is 5. The highest BCUT2D eigenvalue weighted by Gasteiger charge is 2.28. The average Bonchev–Trinajstić information content (AvgIpc) is 2.78. The average molecular weight is 454 g/mol. The van der Waals surface area contributed by atoms with Crippen LogP contribution in [0.2, 0.25) is 0 Å². The van der Waals surface area contributed by atoms with Gasteiger partial charge in [0.25, 0.3) is 15.9 Å². The first-order chi connectivity index (χ1) is 15.3. The van der Waals surface area contributed by atoms with Crippen LogP contribution in [0, 0.1) is 0 Å². The van der Waals surface area contributed by atoms with Crippen LogP contribution < -0.4 is 4.72 Å². The van der Waals surface area contributed by atoms with E-state index in [1.807, 2.05) is 7.05 Å². The topological polar surface area (TPSA) is 107 Å². The van der Waals surface area contributed by atoms with Crippen molar-refractivity contribution in [1.29, 1.82) is 0 Å². The van der Waals surface area contributed by atoms with Crippen molar-refractivity contribution in [2.45, 2.75) is 4.90 Å². The van der Waals surface area contributed by atoms with Crippen molar-refractivity contribution in [3.63, 3.8) is 0 Å². The number of carboxylic acids is 1. The monoisotopic (exact) mass is 453 g/mol. The summed E-state index contributed by atoms with van der Waals surface area (Å²) < 4.78 is 29.0. The van der Waals surface area contributed by atoms with Crippen LogP contribution in [-0.2, 0) is 10.0 Å². The molecule has 0 bridgehead atoms. The van der Waals surface area contributed by atoms with Crippen LogP contribution in [-0.4, -0.2) is 68.4 Å². The maximum absolute atomic E-state index is 13.3. The third-order valence-corrected chi connectivity index (χ3v) is 7.01. The van der Waals surface area contributed by atoms with E-state index < -0.39 is 16.0 Å². The fourth-order valence-electron chi connectivity index (χ4n) is 3.84. The summed E-state index contributed by atoms with van der Waals surface area (Å²) in [7, 11) is -2.27. The van der Waals surface area contributed by atoms with Gasteiger partial charge in [-0.2, -0.15) is 0 Å². The Morgan fingerprint density at radius 3 is 2.28 bits per heavy atom. The van der Waals surface area contributed by atoms with Gasteiger partial charge in [0.15, 0.2) is 0 Å². The molecule has 1 aliphatic rings. The van der Waals surface area contributed by atoms with Crippen LogP contribution in [0.5, 0.6) is 0 Å². The SMILES string of the molecule is CN1CCN(C(=O)c2ccccc2S(=O)(=O)Nc2ccc3ccccc3c2C(=O)O)CC1. The number of piperazine rings is 1. The quantitative estimate of drug-likeness (QED) is 0.615. The van der Waals surface area contributed by atoms with Gasteiger partial charge in [0.05, 0.1) is 16.8 Å². The summed E-state index contributed by atoms with van der Waals surface area (Å²) in [5.74, 6) is -1.61. The van der Waals surface area contributed by atoms with Crippen LogP contribution >= 0.6 is 0 Å². The number of likely N-dealkylation sites (N-methyl/N-ethyl adjacent to an activating group) is 1. The molecule has 1 saturated heterocycles. The lowest BCUT2D eigenvalue weighted by Crippen LogP contribution is -2.47. The Morgan fingerprint density at radius 2 is 1.56 bits per heavy atom. The highest BCUT2D eigenvalue weighted by Crippen LogP contribution is 2.29. The molecule has 0 atom stereocenters. The molecule has 1 amide bonds. The molecular weight excluding hydrogens is 430 g/mol. The lowest BCUT2D eigenvalue weighted by Gasteiger charge is -2.32. The summed E-state index contributed by atoms with van der Waals surface area (Å²) in [6.45, 7) is 2.42. The molecule has 1 heterocycles. The van der Waals surface area contributed by atoms with Crippen molar-refractivity contribution in [3.8, 4) is 0 Å². The van der Waals surface area contributed by atoms with Gasteiger partial charge < -0.3 is 14.9 Å². The molecule has 3 aromatic carbocycles. The van der Waals surface area contributed by atoms with Crippen molar-refractivity contribution >= 4 is 38.4 Å². The first-order valence-corrected chi connectivity index (χ1v) is 11.6. The molecule has 0 radical (unpaired) electrons. The first-order valence-electron chi connectivity index (χ1n) is 10.1. The zero-order valence-corrected chi connectivity index (χ0v) is 18.3. The number of amides is 1. The van der Waals surface area contributed by atoms with Crippen LogP contribution in [0.4, 0.5) is 5.69 Å². The number of hydrogen-bond donors (Lipinski definition) is 2. The smallest absolute Gasteiger partial charge is 0.338 e. The van der Waals surface area contributed by atoms with E-state index in [0.717, 1.165) is 0 Å². The van der Waals surface area contributed by atoms with E-state index in [9.17, 15) is 23.1 Å². The van der Waals surface area contributed by atoms with Crippen molar-refractivity contribution in [2.75, 3.05) is 37.9 Å². The lowest BCUT2D eigenvalue weighted by atomic mass is 10.0. The number of anilines is 1. The minimum Gasteiger partial charge on any atom is -0.478 e. The molecule has 0 spiro atoms. The van der Waals surface area contributed by atoms with Gasteiger partial charge in [0, 0.05) is 26.2 Å². The summed E-state index contributed by atoms with van der Waals surface area (Å²) in [5.41, 5.74) is -0.144. The molecule has 1 fully saturated rings. The predicted molar refractivity (Wildman–Crippen MR) is 122 cm³/mol. The lowest BCUT2D eigenvalue weighted by molar-refractivity contribution is 0.0658. The van der Waals surface area contributed by atoms with Gasteiger partial charge in [-0.1, -0.05) is 42.5 Å². The molecule has 1 aliphatic heterocycles. The number of carbonyl (C=O) groups is 2. The number of nitrogens with one attached hydrogen (secondary N) is 1. The molecule has 9 heteroatoms. The first kappa shape index (κ1) is 21.8. The van der Waals surface area contributed by atoms with Crippen molar-refractivity contribution in [3.05, 3.63) is 71.8 Å². The number of benzene rings is 3. The molecule has 0 aliphatic carbocycles. The van der Waals surface area contributed by atoms with E-state index in [1.165, 1.54) is 24.3 Å². The van der Waals surface area contributed by atoms with E-state index in [4.69, 9.17) is 0 Å². The van der Waals surface area contributed by atoms with Crippen molar-refractivity contribution in [2.24, 2.45) is 0 Å². The number of carboxylic acid groups (broad SMARTS) is 1. The molecule has 0 aromatic heterocycles. The normalized spacial score (nSPS) is 15.0. The number of fused-ring (bicyclic) bond motifs is 1. The van der Waals surface area contributed by atoms with Crippen LogP contribution in [0.25, 0.3) is 10.8 Å². The highest BCUT2D eigenvalue weighted by atomic mass is 32.2. The maximum Gasteiger partial charge on any atom is 0.338 e. The van der Waals surface area contributed by atoms with Crippen LogP contribution in [0.15, 0.2) is 65.6 Å². The van der Waals surface area contributed by atoms with Crippen molar-refractivity contribution in [1.82, 2.24) is 9.80 Å². The number of hydrogen-bond acceptors (Lipinski definition) is 5. The van der Waals surface area contributed by atoms with E-state index >= 15 is 0 Å². The molecule has 3 aromatic rings. The molecule has 166 valence electrons. The van der Waals surface area contributed by atoms with E-state index in [-0.39, 0.29) is 27.6 Å². The Bertz CT molecular complexity index is 1300. The maximum atomic E-state index is 13.3. The van der Waals surface area contributed by atoms with Gasteiger partial charge in [0.2, 0.25) is 0 Å². The van der Waals surface area contributed by atoms with Crippen LogP contribution in [0.1, 0.15) is 20.7 Å². The van der Waals surface area contributed by atoms with E-state index in [0.29, 0.717) is 37.0 Å². The molecule has 4 rings (SSSR count). The van der Waals surface area contributed by atoms with Gasteiger partial charge in [-0.25, -0.2) is 13.2 Å². The second-order valence-electron chi connectivity index (χ2n) is 7.71. The molecule has 2 N–H and O–H groups in total. The third-order valence-electron chi connectivity index (χ3n) is 5.58. The highest BCUT2D eigenvalue weighted by molar-refractivity contribution is 7.92. The van der Waals surface area contributed by atoms with E-state index in [1.54, 1.807) is 41.3 Å². The second-order valence-corrected chi connectivity index (χ2v) is 9.36. The van der Waals surface area contributed by atoms with Gasteiger partial charge >= 0.3 is 5.97 Å². The Hall–Kier alpha value is -3.43. The molecular formula is C23H23N3O5S. The summed E-state index contributed by atoms with van der Waals surface area (Å²) >= 11 is 0. The standard InChI is InChI=1S/C23H23N3O5S/c1-25-12-14-26(15-13-25)22(27)18-8-4-5-9-20(18)32(30,31)24-19-11-10-16-6-2-3-7-17(16)21(19)23(28)29/h2-11,24H,12-15H2,1H3,(H,28,29). The van der Waals surface area contributed by atoms with Gasteiger partial charge in [0.1, 0.15) is 4.90 Å². The van der Waals surface area contributed by atoms with Gasteiger partial charge in [-0.15, -0.1) is 0 Å². The Labute approximate surface area is 186 Å². The zero-order chi connectivity index (χ0) is 22.9. The van der Waals surface area contributed by atoms with Crippen LogP contribution in [0.3, 0.4) is 0 Å². The molecule has 0 saturated carbocycles. The Balaban J connectivity index is 1.72. The summed E-state index contributed by atoms with van der Waals surface area (Å²) in [6.07, 6.45) is 0. The molecule has 0 unspecified atom stereocenters. The number of nitrogens with zero attached hydrogens (tertiary/aromatic N) is 2. The number of aromatic carboxylic acids is 1.